The lowest BCUT2D eigenvalue weighted by Crippen LogP contribution is -2.49. The zero-order valence-corrected chi connectivity index (χ0v) is 17.0. The van der Waals surface area contributed by atoms with Crippen molar-refractivity contribution in [3.8, 4) is 17.1 Å². The largest absolute Gasteiger partial charge is 0.497 e. The van der Waals surface area contributed by atoms with E-state index in [1.165, 1.54) is 0 Å². The molecule has 7 heteroatoms. The summed E-state index contributed by atoms with van der Waals surface area (Å²) < 4.78 is 10.5. The summed E-state index contributed by atoms with van der Waals surface area (Å²) in [7, 11) is 1.63. The van der Waals surface area contributed by atoms with Gasteiger partial charge in [-0.1, -0.05) is 11.6 Å². The normalized spacial score (nSPS) is 24.2. The summed E-state index contributed by atoms with van der Waals surface area (Å²) in [6, 6.07) is 7.49. The number of amides is 1. The molecule has 1 aromatic carbocycles. The molecule has 156 valence electrons. The van der Waals surface area contributed by atoms with E-state index in [9.17, 15) is 9.90 Å². The first-order chi connectivity index (χ1) is 14.1. The zero-order valence-electron chi connectivity index (χ0n) is 17.0. The summed E-state index contributed by atoms with van der Waals surface area (Å²) in [5.41, 5.74) is 0.804. The highest BCUT2D eigenvalue weighted by Gasteiger charge is 2.45. The smallest absolute Gasteiger partial charge is 0.226 e. The molecule has 1 aliphatic heterocycles. The van der Waals surface area contributed by atoms with Gasteiger partial charge in [0.25, 0.3) is 0 Å². The maximum Gasteiger partial charge on any atom is 0.226 e. The lowest BCUT2D eigenvalue weighted by atomic mass is 9.76. The lowest BCUT2D eigenvalue weighted by Gasteiger charge is -2.42. The molecule has 29 heavy (non-hydrogen) atoms. The highest BCUT2D eigenvalue weighted by molar-refractivity contribution is 5.76. The molecule has 2 heterocycles. The third-order valence-corrected chi connectivity index (χ3v) is 6.42. The Morgan fingerprint density at radius 3 is 2.83 bits per heavy atom. The first kappa shape index (κ1) is 19.9. The van der Waals surface area contributed by atoms with Crippen LogP contribution in [0.3, 0.4) is 0 Å². The van der Waals surface area contributed by atoms with Crippen LogP contribution in [0.15, 0.2) is 28.8 Å². The van der Waals surface area contributed by atoms with Gasteiger partial charge >= 0.3 is 0 Å². The molecule has 1 amide bonds. The molecular formula is C22H29N3O4. The molecule has 4 rings (SSSR count). The van der Waals surface area contributed by atoms with Crippen LogP contribution in [-0.2, 0) is 11.2 Å². The third kappa shape index (κ3) is 4.29. The summed E-state index contributed by atoms with van der Waals surface area (Å²) in [4.78, 5) is 19.1. The number of aromatic nitrogens is 2. The highest BCUT2D eigenvalue weighted by atomic mass is 16.5. The maximum absolute atomic E-state index is 12.7. The van der Waals surface area contributed by atoms with Crippen molar-refractivity contribution in [3.05, 3.63) is 30.2 Å². The number of likely N-dealkylation sites (tertiary alicyclic amines) is 1. The van der Waals surface area contributed by atoms with E-state index in [-0.39, 0.29) is 17.4 Å². The summed E-state index contributed by atoms with van der Waals surface area (Å²) >= 11 is 0. The summed E-state index contributed by atoms with van der Waals surface area (Å²) in [6.45, 7) is 1.50. The predicted octanol–water partition coefficient (Wildman–Crippen LogP) is 3.22. The van der Waals surface area contributed by atoms with E-state index >= 15 is 0 Å². The van der Waals surface area contributed by atoms with E-state index in [1.54, 1.807) is 7.11 Å². The minimum atomic E-state index is -0.257. The van der Waals surface area contributed by atoms with Crippen molar-refractivity contribution in [2.24, 2.45) is 5.41 Å². The quantitative estimate of drug-likeness (QED) is 0.802. The summed E-state index contributed by atoms with van der Waals surface area (Å²) in [5, 5.41) is 14.4. The van der Waals surface area contributed by atoms with Crippen molar-refractivity contribution >= 4 is 5.91 Å². The van der Waals surface area contributed by atoms with E-state index < -0.39 is 0 Å². The monoisotopic (exact) mass is 399 g/mol. The Bertz CT molecular complexity index is 835. The van der Waals surface area contributed by atoms with E-state index in [1.807, 2.05) is 29.2 Å². The predicted molar refractivity (Wildman–Crippen MR) is 107 cm³/mol. The van der Waals surface area contributed by atoms with Crippen LogP contribution in [0, 0.1) is 5.41 Å². The molecule has 2 aliphatic rings. The van der Waals surface area contributed by atoms with Gasteiger partial charge in [-0.15, -0.1) is 0 Å². The fourth-order valence-electron chi connectivity index (χ4n) is 4.73. The van der Waals surface area contributed by atoms with Crippen LogP contribution in [0.25, 0.3) is 11.4 Å². The molecular weight excluding hydrogens is 370 g/mol. The van der Waals surface area contributed by atoms with Gasteiger partial charge in [-0.2, -0.15) is 4.98 Å². The number of carbonyl (C=O) groups is 1. The number of hydrogen-bond donors (Lipinski definition) is 1. The number of benzene rings is 1. The summed E-state index contributed by atoms with van der Waals surface area (Å²) in [6.07, 6.45) is 6.46. The molecule has 1 saturated carbocycles. The van der Waals surface area contributed by atoms with Crippen LogP contribution >= 0.6 is 0 Å². The number of hydrogen-bond acceptors (Lipinski definition) is 6. The number of carbonyl (C=O) groups excluding carboxylic acids is 1. The molecule has 1 aliphatic carbocycles. The van der Waals surface area contributed by atoms with E-state index in [0.717, 1.165) is 50.0 Å². The number of nitrogens with zero attached hydrogens (tertiary/aromatic N) is 3. The fraction of sp³-hybridized carbons (Fsp3) is 0.591. The minimum Gasteiger partial charge on any atom is -0.497 e. The van der Waals surface area contributed by atoms with Gasteiger partial charge in [0.15, 0.2) is 0 Å². The number of aliphatic hydroxyl groups excluding tert-OH is 1. The number of rotatable bonds is 6. The van der Waals surface area contributed by atoms with Crippen molar-refractivity contribution in [1.82, 2.24) is 15.0 Å². The average Bonchev–Trinajstić information content (AvgIpc) is 3.35. The standard InChI is InChI=1S/C22H29N3O4/c1-28-17-10-8-16(9-11-17)21-23-19(29-24-21)6-2-7-20(27)25-14-4-13-22(15-25)12-3-5-18(22)26/h8-11,18,26H,2-7,12-15H2,1H3/t18-,22-/m1/s1. The van der Waals surface area contributed by atoms with Gasteiger partial charge < -0.3 is 19.3 Å². The molecule has 2 atom stereocenters. The Balaban J connectivity index is 1.28. The maximum atomic E-state index is 12.7. The zero-order chi connectivity index (χ0) is 20.3. The second-order valence-corrected chi connectivity index (χ2v) is 8.28. The Kier molecular flexibility index (Phi) is 5.85. The molecule has 0 unspecified atom stereocenters. The van der Waals surface area contributed by atoms with Crippen LogP contribution in [0.4, 0.5) is 0 Å². The van der Waals surface area contributed by atoms with Crippen molar-refractivity contribution < 1.29 is 19.2 Å². The third-order valence-electron chi connectivity index (χ3n) is 6.42. The second-order valence-electron chi connectivity index (χ2n) is 8.28. The van der Waals surface area contributed by atoms with Crippen molar-refractivity contribution in [2.45, 2.75) is 57.5 Å². The van der Waals surface area contributed by atoms with Crippen molar-refractivity contribution in [2.75, 3.05) is 20.2 Å². The Morgan fingerprint density at radius 2 is 2.10 bits per heavy atom. The molecule has 2 aromatic rings. The Hall–Kier alpha value is -2.41. The van der Waals surface area contributed by atoms with Gasteiger partial charge in [-0.25, -0.2) is 0 Å². The number of aryl methyl sites for hydroxylation is 1. The van der Waals surface area contributed by atoms with E-state index in [0.29, 0.717) is 37.5 Å². The Morgan fingerprint density at radius 1 is 1.31 bits per heavy atom. The van der Waals surface area contributed by atoms with Gasteiger partial charge in [-0.3, -0.25) is 4.79 Å². The number of aliphatic hydroxyl groups is 1. The molecule has 1 saturated heterocycles. The van der Waals surface area contributed by atoms with Crippen LogP contribution in [-0.4, -0.2) is 52.4 Å². The number of ether oxygens (including phenoxy) is 1. The molecule has 1 aromatic heterocycles. The van der Waals surface area contributed by atoms with Gasteiger partial charge in [0, 0.05) is 36.9 Å². The minimum absolute atomic E-state index is 0.0618. The Labute approximate surface area is 171 Å². The van der Waals surface area contributed by atoms with E-state index in [2.05, 4.69) is 10.1 Å². The molecule has 1 N–H and O–H groups in total. The highest BCUT2D eigenvalue weighted by Crippen LogP contribution is 2.45. The summed E-state index contributed by atoms with van der Waals surface area (Å²) in [5.74, 6) is 2.03. The van der Waals surface area contributed by atoms with Crippen LogP contribution < -0.4 is 4.74 Å². The molecule has 2 fully saturated rings. The van der Waals surface area contributed by atoms with Gasteiger partial charge in [0.05, 0.1) is 13.2 Å². The van der Waals surface area contributed by atoms with E-state index in [4.69, 9.17) is 9.26 Å². The lowest BCUT2D eigenvalue weighted by molar-refractivity contribution is -0.136. The van der Waals surface area contributed by atoms with Gasteiger partial charge in [0.1, 0.15) is 5.75 Å². The molecule has 0 bridgehead atoms. The van der Waals surface area contributed by atoms with Gasteiger partial charge in [-0.05, 0) is 56.4 Å². The first-order valence-electron chi connectivity index (χ1n) is 10.5. The van der Waals surface area contributed by atoms with Crippen LogP contribution in [0.5, 0.6) is 5.75 Å². The van der Waals surface area contributed by atoms with Gasteiger partial charge in [0.2, 0.25) is 17.6 Å². The van der Waals surface area contributed by atoms with Crippen LogP contribution in [0.2, 0.25) is 0 Å². The number of methoxy groups -OCH3 is 1. The molecule has 1 spiro atoms. The topological polar surface area (TPSA) is 88.7 Å². The first-order valence-corrected chi connectivity index (χ1v) is 10.5. The molecule has 0 radical (unpaired) electrons. The fourth-order valence-corrected chi connectivity index (χ4v) is 4.73. The average molecular weight is 399 g/mol. The second kappa shape index (κ2) is 8.53. The van der Waals surface area contributed by atoms with Crippen molar-refractivity contribution in [1.29, 1.82) is 0 Å². The van der Waals surface area contributed by atoms with Crippen LogP contribution in [0.1, 0.15) is 50.8 Å². The van der Waals surface area contributed by atoms with Crippen molar-refractivity contribution in [3.63, 3.8) is 0 Å². The number of piperidine rings is 1. The molecule has 7 nitrogen and oxygen atoms in total. The SMILES string of the molecule is COc1ccc(-c2noc(CCCC(=O)N3CCC[C@]4(CCC[C@H]4O)C3)n2)cc1.